The van der Waals surface area contributed by atoms with Gasteiger partial charge in [-0.15, -0.1) is 0 Å². The summed E-state index contributed by atoms with van der Waals surface area (Å²) in [5.74, 6) is 1.12. The molecule has 5 heteroatoms. The summed E-state index contributed by atoms with van der Waals surface area (Å²) in [6, 6.07) is 7.13. The first kappa shape index (κ1) is 11.8. The van der Waals surface area contributed by atoms with Crippen molar-refractivity contribution in [3.05, 3.63) is 46.9 Å². The minimum atomic E-state index is 0.408. The first-order valence-electron chi connectivity index (χ1n) is 5.14. The number of benzene rings is 1. The lowest BCUT2D eigenvalue weighted by Gasteiger charge is -2.07. The van der Waals surface area contributed by atoms with E-state index in [1.807, 2.05) is 19.1 Å². The molecule has 0 saturated heterocycles. The Bertz CT molecular complexity index is 531. The highest BCUT2D eigenvalue weighted by Crippen LogP contribution is 2.25. The van der Waals surface area contributed by atoms with Crippen LogP contribution < -0.4 is 10.5 Å². The fourth-order valence-corrected chi connectivity index (χ4v) is 1.61. The molecular formula is C12H12ClN3O. The van der Waals surface area contributed by atoms with Gasteiger partial charge in [0.15, 0.2) is 0 Å². The molecule has 1 aromatic heterocycles. The fourth-order valence-electron chi connectivity index (χ4n) is 1.36. The third kappa shape index (κ3) is 2.93. The third-order valence-corrected chi connectivity index (χ3v) is 2.60. The van der Waals surface area contributed by atoms with Crippen LogP contribution in [0.2, 0.25) is 5.02 Å². The van der Waals surface area contributed by atoms with Gasteiger partial charge < -0.3 is 10.5 Å². The molecule has 4 nitrogen and oxygen atoms in total. The van der Waals surface area contributed by atoms with Crippen LogP contribution in [0.5, 0.6) is 11.6 Å². The van der Waals surface area contributed by atoms with Crippen molar-refractivity contribution in [1.82, 2.24) is 9.97 Å². The first-order chi connectivity index (χ1) is 8.19. The molecular weight excluding hydrogens is 238 g/mol. The fraction of sp³-hybridized carbons (Fsp3) is 0.167. The van der Waals surface area contributed by atoms with Crippen LogP contribution in [-0.2, 0) is 6.54 Å². The van der Waals surface area contributed by atoms with Crippen molar-refractivity contribution in [2.24, 2.45) is 5.73 Å². The Labute approximate surface area is 104 Å². The number of ether oxygens (including phenoxy) is 1. The van der Waals surface area contributed by atoms with Gasteiger partial charge in [-0.2, -0.15) is 0 Å². The monoisotopic (exact) mass is 249 g/mol. The van der Waals surface area contributed by atoms with Gasteiger partial charge in [-0.1, -0.05) is 17.7 Å². The minimum absolute atomic E-state index is 0.408. The molecule has 1 aromatic carbocycles. The second-order valence-corrected chi connectivity index (χ2v) is 3.96. The summed E-state index contributed by atoms with van der Waals surface area (Å²) in [6.45, 7) is 2.28. The van der Waals surface area contributed by atoms with E-state index in [0.717, 1.165) is 11.3 Å². The Morgan fingerprint density at radius 3 is 2.76 bits per heavy atom. The van der Waals surface area contributed by atoms with Gasteiger partial charge in [-0.3, -0.25) is 0 Å². The molecule has 0 aliphatic carbocycles. The smallest absolute Gasteiger partial charge is 0.222 e. The second kappa shape index (κ2) is 5.12. The molecule has 0 saturated carbocycles. The molecule has 0 fully saturated rings. The highest BCUT2D eigenvalue weighted by atomic mass is 35.5. The zero-order valence-electron chi connectivity index (χ0n) is 9.35. The molecule has 0 spiro atoms. The molecule has 0 radical (unpaired) electrons. The SMILES string of the molecule is Cc1cc(Oc2ccc(CN)c(Cl)c2)ncn1. The maximum atomic E-state index is 6.03. The zero-order chi connectivity index (χ0) is 12.3. The van der Waals surface area contributed by atoms with Gasteiger partial charge in [0.05, 0.1) is 0 Å². The Morgan fingerprint density at radius 1 is 1.29 bits per heavy atom. The number of aryl methyl sites for hydroxylation is 1. The average molecular weight is 250 g/mol. The van der Waals surface area contributed by atoms with Crippen LogP contribution in [0.25, 0.3) is 0 Å². The molecule has 0 aliphatic heterocycles. The summed E-state index contributed by atoms with van der Waals surface area (Å²) < 4.78 is 5.56. The summed E-state index contributed by atoms with van der Waals surface area (Å²) in [6.07, 6.45) is 1.46. The molecule has 0 atom stereocenters. The van der Waals surface area contributed by atoms with Gasteiger partial charge in [0.2, 0.25) is 5.88 Å². The highest BCUT2D eigenvalue weighted by Gasteiger charge is 2.03. The van der Waals surface area contributed by atoms with Gasteiger partial charge in [-0.05, 0) is 24.6 Å². The van der Waals surface area contributed by atoms with Crippen molar-refractivity contribution >= 4 is 11.6 Å². The lowest BCUT2D eigenvalue weighted by atomic mass is 10.2. The molecule has 17 heavy (non-hydrogen) atoms. The predicted octanol–water partition coefficient (Wildman–Crippen LogP) is 2.69. The number of nitrogens with two attached hydrogens (primary N) is 1. The summed E-state index contributed by atoms with van der Waals surface area (Å²) >= 11 is 6.03. The van der Waals surface area contributed by atoms with Crippen LogP contribution in [0.4, 0.5) is 0 Å². The van der Waals surface area contributed by atoms with Crippen molar-refractivity contribution < 1.29 is 4.74 Å². The average Bonchev–Trinajstić information content (AvgIpc) is 2.29. The van der Waals surface area contributed by atoms with Crippen molar-refractivity contribution in [3.8, 4) is 11.6 Å². The molecule has 0 amide bonds. The summed E-state index contributed by atoms with van der Waals surface area (Å²) in [4.78, 5) is 8.00. The van der Waals surface area contributed by atoms with Crippen LogP contribution in [0.15, 0.2) is 30.6 Å². The maximum Gasteiger partial charge on any atom is 0.222 e. The number of aromatic nitrogens is 2. The Balaban J connectivity index is 2.22. The van der Waals surface area contributed by atoms with E-state index in [0.29, 0.717) is 23.2 Å². The van der Waals surface area contributed by atoms with Crippen molar-refractivity contribution in [2.75, 3.05) is 0 Å². The number of nitrogens with zero attached hydrogens (tertiary/aromatic N) is 2. The lowest BCUT2D eigenvalue weighted by molar-refractivity contribution is 0.460. The topological polar surface area (TPSA) is 61.0 Å². The van der Waals surface area contributed by atoms with Crippen molar-refractivity contribution in [1.29, 1.82) is 0 Å². The van der Waals surface area contributed by atoms with E-state index in [1.165, 1.54) is 6.33 Å². The van der Waals surface area contributed by atoms with Gasteiger partial charge in [0.25, 0.3) is 0 Å². The molecule has 0 unspecified atom stereocenters. The highest BCUT2D eigenvalue weighted by molar-refractivity contribution is 6.31. The molecule has 2 N–H and O–H groups in total. The zero-order valence-corrected chi connectivity index (χ0v) is 10.1. The van der Waals surface area contributed by atoms with Gasteiger partial charge in [-0.25, -0.2) is 9.97 Å². The Kier molecular flexibility index (Phi) is 3.56. The Hall–Kier alpha value is -1.65. The molecule has 2 aromatic rings. The lowest BCUT2D eigenvalue weighted by Crippen LogP contribution is -1.97. The third-order valence-electron chi connectivity index (χ3n) is 2.25. The molecule has 0 bridgehead atoms. The van der Waals surface area contributed by atoms with E-state index in [4.69, 9.17) is 22.1 Å². The van der Waals surface area contributed by atoms with E-state index < -0.39 is 0 Å². The largest absolute Gasteiger partial charge is 0.439 e. The van der Waals surface area contributed by atoms with Crippen LogP contribution in [0, 0.1) is 6.92 Å². The Morgan fingerprint density at radius 2 is 2.12 bits per heavy atom. The van der Waals surface area contributed by atoms with Crippen LogP contribution in [0.1, 0.15) is 11.3 Å². The summed E-state index contributed by atoms with van der Waals surface area (Å²) in [5, 5.41) is 0.593. The van der Waals surface area contributed by atoms with Crippen molar-refractivity contribution in [3.63, 3.8) is 0 Å². The minimum Gasteiger partial charge on any atom is -0.439 e. The molecule has 2 rings (SSSR count). The molecule has 1 heterocycles. The van der Waals surface area contributed by atoms with E-state index in [1.54, 1.807) is 12.1 Å². The normalized spacial score (nSPS) is 10.3. The van der Waals surface area contributed by atoms with E-state index >= 15 is 0 Å². The van der Waals surface area contributed by atoms with E-state index in [9.17, 15) is 0 Å². The van der Waals surface area contributed by atoms with Crippen LogP contribution in [-0.4, -0.2) is 9.97 Å². The van der Waals surface area contributed by atoms with Gasteiger partial charge in [0.1, 0.15) is 12.1 Å². The number of rotatable bonds is 3. The van der Waals surface area contributed by atoms with Crippen LogP contribution in [0.3, 0.4) is 0 Å². The summed E-state index contributed by atoms with van der Waals surface area (Å²) in [7, 11) is 0. The van der Waals surface area contributed by atoms with Crippen molar-refractivity contribution in [2.45, 2.75) is 13.5 Å². The van der Waals surface area contributed by atoms with E-state index in [-0.39, 0.29) is 0 Å². The first-order valence-corrected chi connectivity index (χ1v) is 5.52. The molecule has 88 valence electrons. The quantitative estimate of drug-likeness (QED) is 0.909. The predicted molar refractivity (Wildman–Crippen MR) is 66.2 cm³/mol. The molecule has 0 aliphatic rings. The number of hydrogen-bond donors (Lipinski definition) is 1. The number of hydrogen-bond acceptors (Lipinski definition) is 4. The maximum absolute atomic E-state index is 6.03. The second-order valence-electron chi connectivity index (χ2n) is 3.56. The van der Waals surface area contributed by atoms with E-state index in [2.05, 4.69) is 9.97 Å². The number of halogens is 1. The van der Waals surface area contributed by atoms with Gasteiger partial charge in [0, 0.05) is 23.3 Å². The standard InChI is InChI=1S/C12H12ClN3O/c1-8-4-12(16-7-15-8)17-10-3-2-9(6-14)11(13)5-10/h2-5,7H,6,14H2,1H3. The van der Waals surface area contributed by atoms with Gasteiger partial charge >= 0.3 is 0 Å². The summed E-state index contributed by atoms with van der Waals surface area (Å²) in [5.41, 5.74) is 7.26. The van der Waals surface area contributed by atoms with Crippen LogP contribution >= 0.6 is 11.6 Å².